The van der Waals surface area contributed by atoms with Gasteiger partial charge in [-0.05, 0) is 36.2 Å². The fourth-order valence-corrected chi connectivity index (χ4v) is 2.57. The zero-order valence-electron chi connectivity index (χ0n) is 15.6. The van der Waals surface area contributed by atoms with E-state index >= 15 is 0 Å². The lowest BCUT2D eigenvalue weighted by Gasteiger charge is -2.19. The Balaban J connectivity index is 1.67. The molecule has 0 spiro atoms. The molecular formula is C20H27N3O3. The van der Waals surface area contributed by atoms with Crippen LogP contribution < -0.4 is 25.0 Å². The van der Waals surface area contributed by atoms with Crippen molar-refractivity contribution < 1.29 is 14.3 Å². The first kappa shape index (κ1) is 19.4. The number of carbonyl (C=O) groups excluding carboxylic acids is 1. The summed E-state index contributed by atoms with van der Waals surface area (Å²) in [5, 5.41) is 5.74. The van der Waals surface area contributed by atoms with E-state index < -0.39 is 0 Å². The quantitative estimate of drug-likeness (QED) is 0.724. The molecule has 0 atom stereocenters. The predicted molar refractivity (Wildman–Crippen MR) is 104 cm³/mol. The van der Waals surface area contributed by atoms with Crippen molar-refractivity contribution in [3.8, 4) is 11.5 Å². The highest BCUT2D eigenvalue weighted by Gasteiger charge is 2.06. The average molecular weight is 357 g/mol. The topological polar surface area (TPSA) is 62.8 Å². The molecule has 140 valence electrons. The second kappa shape index (κ2) is 10.2. The number of likely N-dealkylation sites (N-methyl/N-ethyl adjacent to an activating group) is 1. The molecule has 26 heavy (non-hydrogen) atoms. The van der Waals surface area contributed by atoms with Gasteiger partial charge in [-0.15, -0.1) is 0 Å². The van der Waals surface area contributed by atoms with Crippen LogP contribution in [-0.2, 0) is 6.42 Å². The van der Waals surface area contributed by atoms with E-state index in [1.165, 1.54) is 0 Å². The average Bonchev–Trinajstić information content (AvgIpc) is 2.68. The van der Waals surface area contributed by atoms with E-state index in [1.807, 2.05) is 55.6 Å². The molecule has 2 aromatic carbocycles. The Kier molecular flexibility index (Phi) is 7.61. The molecule has 0 fully saturated rings. The van der Waals surface area contributed by atoms with Gasteiger partial charge in [-0.3, -0.25) is 0 Å². The number of benzene rings is 2. The molecule has 2 N–H and O–H groups in total. The van der Waals surface area contributed by atoms with Crippen molar-refractivity contribution in [3.05, 3.63) is 54.1 Å². The monoisotopic (exact) mass is 357 g/mol. The highest BCUT2D eigenvalue weighted by Crippen LogP contribution is 2.27. The van der Waals surface area contributed by atoms with Gasteiger partial charge in [0.1, 0.15) is 0 Å². The molecule has 0 saturated heterocycles. The van der Waals surface area contributed by atoms with Crippen LogP contribution in [0.3, 0.4) is 0 Å². The van der Waals surface area contributed by atoms with Crippen LogP contribution in [0.15, 0.2) is 48.5 Å². The van der Waals surface area contributed by atoms with Crippen molar-refractivity contribution in [2.45, 2.75) is 6.42 Å². The van der Waals surface area contributed by atoms with Crippen LogP contribution in [0.25, 0.3) is 0 Å². The van der Waals surface area contributed by atoms with E-state index in [2.05, 4.69) is 15.5 Å². The van der Waals surface area contributed by atoms with E-state index in [-0.39, 0.29) is 6.03 Å². The molecule has 0 aliphatic heterocycles. The molecule has 0 bridgehead atoms. The Bertz CT molecular complexity index is 692. The number of ether oxygens (including phenoxy) is 2. The minimum Gasteiger partial charge on any atom is -0.493 e. The van der Waals surface area contributed by atoms with Crippen LogP contribution in [0.2, 0.25) is 0 Å². The molecule has 0 heterocycles. The van der Waals surface area contributed by atoms with Crippen LogP contribution in [0.1, 0.15) is 5.56 Å². The maximum absolute atomic E-state index is 11.9. The molecule has 6 nitrogen and oxygen atoms in total. The lowest BCUT2D eigenvalue weighted by Crippen LogP contribution is -2.40. The SMILES string of the molecule is COc1ccc(CCNC(=O)NCCN(C)c2ccccc2)cc1OC. The number of para-hydroxylation sites is 1. The van der Waals surface area contributed by atoms with E-state index in [9.17, 15) is 4.79 Å². The molecule has 0 aliphatic rings. The normalized spacial score (nSPS) is 10.1. The summed E-state index contributed by atoms with van der Waals surface area (Å²) in [5.41, 5.74) is 2.20. The Labute approximate surface area is 155 Å². The molecule has 2 aromatic rings. The lowest BCUT2D eigenvalue weighted by atomic mass is 10.1. The molecule has 0 saturated carbocycles. The predicted octanol–water partition coefficient (Wildman–Crippen LogP) is 2.68. The number of anilines is 1. The highest BCUT2D eigenvalue weighted by atomic mass is 16.5. The highest BCUT2D eigenvalue weighted by molar-refractivity contribution is 5.73. The Morgan fingerprint density at radius 2 is 1.65 bits per heavy atom. The number of hydrogen-bond acceptors (Lipinski definition) is 4. The number of nitrogens with zero attached hydrogens (tertiary/aromatic N) is 1. The summed E-state index contributed by atoms with van der Waals surface area (Å²) in [5.74, 6) is 1.39. The maximum atomic E-state index is 11.9. The van der Waals surface area contributed by atoms with Crippen LogP contribution in [0.4, 0.5) is 10.5 Å². The largest absolute Gasteiger partial charge is 0.493 e. The van der Waals surface area contributed by atoms with Gasteiger partial charge in [0.05, 0.1) is 14.2 Å². The van der Waals surface area contributed by atoms with E-state index in [1.54, 1.807) is 14.2 Å². The molecule has 0 aliphatic carbocycles. The number of hydrogen-bond donors (Lipinski definition) is 2. The van der Waals surface area contributed by atoms with E-state index in [4.69, 9.17) is 9.47 Å². The zero-order valence-corrected chi connectivity index (χ0v) is 15.6. The van der Waals surface area contributed by atoms with Crippen LogP contribution in [0.5, 0.6) is 11.5 Å². The molecule has 2 amide bonds. The van der Waals surface area contributed by atoms with Crippen LogP contribution >= 0.6 is 0 Å². The summed E-state index contributed by atoms with van der Waals surface area (Å²) in [6, 6.07) is 15.7. The van der Waals surface area contributed by atoms with Gasteiger partial charge < -0.3 is 25.0 Å². The fraction of sp³-hybridized carbons (Fsp3) is 0.350. The molecular weight excluding hydrogens is 330 g/mol. The van der Waals surface area contributed by atoms with E-state index in [0.29, 0.717) is 24.6 Å². The summed E-state index contributed by atoms with van der Waals surface area (Å²) in [4.78, 5) is 14.0. The van der Waals surface area contributed by atoms with Crippen molar-refractivity contribution in [2.75, 3.05) is 45.8 Å². The molecule has 6 heteroatoms. The number of amides is 2. The number of urea groups is 1. The minimum absolute atomic E-state index is 0.160. The van der Waals surface area contributed by atoms with Crippen molar-refractivity contribution in [1.82, 2.24) is 10.6 Å². The maximum Gasteiger partial charge on any atom is 0.314 e. The van der Waals surface area contributed by atoms with Gasteiger partial charge in [0.2, 0.25) is 0 Å². The number of methoxy groups -OCH3 is 2. The minimum atomic E-state index is -0.160. The molecule has 0 unspecified atom stereocenters. The standard InChI is InChI=1S/C20H27N3O3/c1-23(17-7-5-4-6-8-17)14-13-22-20(24)21-12-11-16-9-10-18(25-2)19(15-16)26-3/h4-10,15H,11-14H2,1-3H3,(H2,21,22,24). The molecule has 2 rings (SSSR count). The van der Waals surface area contributed by atoms with Crippen molar-refractivity contribution in [1.29, 1.82) is 0 Å². The first-order valence-corrected chi connectivity index (χ1v) is 8.63. The van der Waals surface area contributed by atoms with Crippen molar-refractivity contribution in [3.63, 3.8) is 0 Å². The van der Waals surface area contributed by atoms with Gasteiger partial charge in [0.15, 0.2) is 11.5 Å². The Morgan fingerprint density at radius 3 is 2.35 bits per heavy atom. The second-order valence-corrected chi connectivity index (χ2v) is 5.88. The van der Waals surface area contributed by atoms with Crippen molar-refractivity contribution in [2.24, 2.45) is 0 Å². The van der Waals surface area contributed by atoms with Gasteiger partial charge in [-0.25, -0.2) is 4.79 Å². The second-order valence-electron chi connectivity index (χ2n) is 5.88. The Morgan fingerprint density at radius 1 is 0.962 bits per heavy atom. The summed E-state index contributed by atoms with van der Waals surface area (Å²) >= 11 is 0. The number of rotatable bonds is 9. The summed E-state index contributed by atoms with van der Waals surface area (Å²) in [7, 11) is 5.23. The number of carbonyl (C=O) groups is 1. The first-order chi connectivity index (χ1) is 12.6. The number of nitrogens with one attached hydrogen (secondary N) is 2. The Hall–Kier alpha value is -2.89. The summed E-state index contributed by atoms with van der Waals surface area (Å²) in [6.07, 6.45) is 0.720. The summed E-state index contributed by atoms with van der Waals surface area (Å²) < 4.78 is 10.5. The van der Waals surface area contributed by atoms with Gasteiger partial charge in [0, 0.05) is 32.4 Å². The van der Waals surface area contributed by atoms with Crippen LogP contribution in [0, 0.1) is 0 Å². The fourth-order valence-electron chi connectivity index (χ4n) is 2.57. The third-order valence-corrected chi connectivity index (χ3v) is 4.08. The third-order valence-electron chi connectivity index (χ3n) is 4.08. The van der Waals surface area contributed by atoms with Gasteiger partial charge in [0.25, 0.3) is 0 Å². The van der Waals surface area contributed by atoms with Gasteiger partial charge in [-0.2, -0.15) is 0 Å². The first-order valence-electron chi connectivity index (χ1n) is 8.63. The van der Waals surface area contributed by atoms with E-state index in [0.717, 1.165) is 24.2 Å². The van der Waals surface area contributed by atoms with Gasteiger partial charge >= 0.3 is 6.03 Å². The van der Waals surface area contributed by atoms with Crippen molar-refractivity contribution >= 4 is 11.7 Å². The smallest absolute Gasteiger partial charge is 0.314 e. The van der Waals surface area contributed by atoms with Gasteiger partial charge in [-0.1, -0.05) is 24.3 Å². The zero-order chi connectivity index (χ0) is 18.8. The summed E-state index contributed by atoms with van der Waals surface area (Å²) in [6.45, 7) is 1.87. The van der Waals surface area contributed by atoms with Crippen LogP contribution in [-0.4, -0.2) is 46.9 Å². The lowest BCUT2D eigenvalue weighted by molar-refractivity contribution is 0.241. The third kappa shape index (κ3) is 5.88. The molecule has 0 aromatic heterocycles. The molecule has 0 radical (unpaired) electrons.